The second kappa shape index (κ2) is 3.99. The van der Waals surface area contributed by atoms with Crippen molar-refractivity contribution < 1.29 is 4.74 Å². The van der Waals surface area contributed by atoms with Crippen LogP contribution in [-0.2, 0) is 18.0 Å². The van der Waals surface area contributed by atoms with Crippen molar-refractivity contribution in [2.75, 3.05) is 18.4 Å². The summed E-state index contributed by atoms with van der Waals surface area (Å²) in [6.07, 6.45) is 1.15. The predicted molar refractivity (Wildman–Crippen MR) is 60.2 cm³/mol. The lowest BCUT2D eigenvalue weighted by Gasteiger charge is -2.14. The van der Waals surface area contributed by atoms with Crippen LogP contribution in [0.4, 0.5) is 5.82 Å². The molecule has 1 aromatic rings. The molecule has 0 spiro atoms. The lowest BCUT2D eigenvalue weighted by Crippen LogP contribution is -2.24. The summed E-state index contributed by atoms with van der Waals surface area (Å²) in [5, 5.41) is 6.83. The highest BCUT2D eigenvalue weighted by molar-refractivity contribution is 5.48. The summed E-state index contributed by atoms with van der Waals surface area (Å²) >= 11 is 0. The van der Waals surface area contributed by atoms with Crippen molar-refractivity contribution in [1.29, 1.82) is 0 Å². The second-order valence-electron chi connectivity index (χ2n) is 4.37. The van der Waals surface area contributed by atoms with Crippen LogP contribution < -0.4 is 10.6 Å². The first-order chi connectivity index (χ1) is 7.83. The van der Waals surface area contributed by atoms with Crippen LogP contribution in [0.15, 0.2) is 0 Å². The first kappa shape index (κ1) is 9.99. The van der Waals surface area contributed by atoms with E-state index >= 15 is 0 Å². The largest absolute Gasteiger partial charge is 0.370 e. The van der Waals surface area contributed by atoms with E-state index in [0.717, 1.165) is 42.4 Å². The van der Waals surface area contributed by atoms with Gasteiger partial charge in [-0.05, 0) is 19.9 Å². The maximum Gasteiger partial charge on any atom is 0.135 e. The molecule has 2 aliphatic rings. The van der Waals surface area contributed by atoms with Gasteiger partial charge in [0.2, 0.25) is 0 Å². The number of nitrogens with one attached hydrogen (secondary N) is 2. The fraction of sp³-hybridized carbons (Fsp3) is 0.636. The van der Waals surface area contributed by atoms with Gasteiger partial charge in [0.15, 0.2) is 0 Å². The molecule has 1 saturated heterocycles. The molecular weight excluding hydrogens is 204 g/mol. The van der Waals surface area contributed by atoms with Gasteiger partial charge in [0.1, 0.15) is 11.6 Å². The van der Waals surface area contributed by atoms with E-state index in [1.54, 1.807) is 0 Å². The molecule has 1 aromatic heterocycles. The van der Waals surface area contributed by atoms with Crippen LogP contribution in [0.2, 0.25) is 0 Å². The molecule has 0 aliphatic carbocycles. The minimum atomic E-state index is 0.485. The molecule has 16 heavy (non-hydrogen) atoms. The van der Waals surface area contributed by atoms with Crippen molar-refractivity contribution >= 4 is 5.82 Å². The van der Waals surface area contributed by atoms with Gasteiger partial charge in [0.05, 0.1) is 18.9 Å². The van der Waals surface area contributed by atoms with Gasteiger partial charge in [-0.1, -0.05) is 0 Å². The van der Waals surface area contributed by atoms with Gasteiger partial charge in [0.25, 0.3) is 0 Å². The average Bonchev–Trinajstić information content (AvgIpc) is 2.87. The molecule has 5 heteroatoms. The Morgan fingerprint density at radius 1 is 1.38 bits per heavy atom. The number of fused-ring (bicyclic) bond motifs is 1. The number of hydrogen-bond acceptors (Lipinski definition) is 5. The van der Waals surface area contributed by atoms with Crippen molar-refractivity contribution in [2.24, 2.45) is 0 Å². The summed E-state index contributed by atoms with van der Waals surface area (Å²) in [5.41, 5.74) is 2.18. The molecule has 0 bridgehead atoms. The molecule has 2 N–H and O–H groups in total. The third kappa shape index (κ3) is 1.76. The average molecular weight is 220 g/mol. The maximum atomic E-state index is 5.42. The summed E-state index contributed by atoms with van der Waals surface area (Å²) < 4.78 is 5.42. The second-order valence-corrected chi connectivity index (χ2v) is 4.37. The van der Waals surface area contributed by atoms with Gasteiger partial charge in [-0.25, -0.2) is 9.97 Å². The minimum Gasteiger partial charge on any atom is -0.370 e. The number of ether oxygens (including phenoxy) is 1. The van der Waals surface area contributed by atoms with E-state index in [0.29, 0.717) is 19.3 Å². The Labute approximate surface area is 94.6 Å². The van der Waals surface area contributed by atoms with Gasteiger partial charge in [0, 0.05) is 18.2 Å². The van der Waals surface area contributed by atoms with E-state index in [1.807, 2.05) is 6.92 Å². The lowest BCUT2D eigenvalue weighted by molar-refractivity contribution is 0.133. The van der Waals surface area contributed by atoms with Crippen LogP contribution >= 0.6 is 0 Å². The Morgan fingerprint density at radius 3 is 3.12 bits per heavy atom. The zero-order valence-corrected chi connectivity index (χ0v) is 9.42. The van der Waals surface area contributed by atoms with E-state index in [2.05, 4.69) is 20.6 Å². The van der Waals surface area contributed by atoms with Gasteiger partial charge in [-0.2, -0.15) is 0 Å². The molecule has 3 heterocycles. The molecule has 86 valence electrons. The van der Waals surface area contributed by atoms with Gasteiger partial charge in [-0.3, -0.25) is 0 Å². The van der Waals surface area contributed by atoms with Crippen LogP contribution in [0.3, 0.4) is 0 Å². The molecule has 1 atom stereocenters. The van der Waals surface area contributed by atoms with E-state index < -0.39 is 0 Å². The van der Waals surface area contributed by atoms with Gasteiger partial charge in [-0.15, -0.1) is 0 Å². The number of hydrogen-bond donors (Lipinski definition) is 2. The molecule has 3 rings (SSSR count). The number of aromatic nitrogens is 2. The fourth-order valence-electron chi connectivity index (χ4n) is 2.27. The molecule has 0 radical (unpaired) electrons. The zero-order chi connectivity index (χ0) is 11.0. The van der Waals surface area contributed by atoms with Crippen molar-refractivity contribution in [3.05, 3.63) is 17.1 Å². The monoisotopic (exact) mass is 220 g/mol. The molecular formula is C11H16N4O. The molecule has 1 fully saturated rings. The summed E-state index contributed by atoms with van der Waals surface area (Å²) in [6, 6.07) is 0.485. The molecule has 0 amide bonds. The summed E-state index contributed by atoms with van der Waals surface area (Å²) in [6.45, 7) is 5.28. The standard InChI is InChI=1S/C11H16N4O/c1-7-13-10-6-16-5-9(10)11(14-7)15-8-2-3-12-4-8/h8,12H,2-6H2,1H3,(H,13,14,15). The Balaban J connectivity index is 1.87. The first-order valence-electron chi connectivity index (χ1n) is 5.74. The smallest absolute Gasteiger partial charge is 0.135 e. The molecule has 0 aromatic carbocycles. The summed E-state index contributed by atoms with van der Waals surface area (Å²) in [7, 11) is 0. The fourth-order valence-corrected chi connectivity index (χ4v) is 2.27. The number of aryl methyl sites for hydroxylation is 1. The molecule has 1 unspecified atom stereocenters. The predicted octanol–water partition coefficient (Wildman–Crippen LogP) is 0.589. The lowest BCUT2D eigenvalue weighted by atomic mass is 10.2. The molecule has 5 nitrogen and oxygen atoms in total. The van der Waals surface area contributed by atoms with E-state index in [9.17, 15) is 0 Å². The van der Waals surface area contributed by atoms with Crippen LogP contribution in [0.25, 0.3) is 0 Å². The Kier molecular flexibility index (Phi) is 2.49. The Morgan fingerprint density at radius 2 is 2.31 bits per heavy atom. The van der Waals surface area contributed by atoms with Crippen molar-refractivity contribution in [3.8, 4) is 0 Å². The van der Waals surface area contributed by atoms with Gasteiger partial charge < -0.3 is 15.4 Å². The van der Waals surface area contributed by atoms with Crippen molar-refractivity contribution in [1.82, 2.24) is 15.3 Å². The van der Waals surface area contributed by atoms with E-state index in [4.69, 9.17) is 4.74 Å². The van der Waals surface area contributed by atoms with Gasteiger partial charge >= 0.3 is 0 Å². The SMILES string of the molecule is Cc1nc2c(c(NC3CCNC3)n1)COC2. The number of nitrogens with zero attached hydrogens (tertiary/aromatic N) is 2. The summed E-state index contributed by atoms with van der Waals surface area (Å²) in [4.78, 5) is 8.88. The highest BCUT2D eigenvalue weighted by atomic mass is 16.5. The highest BCUT2D eigenvalue weighted by Gasteiger charge is 2.22. The molecule has 2 aliphatic heterocycles. The van der Waals surface area contributed by atoms with Crippen molar-refractivity contribution in [3.63, 3.8) is 0 Å². The topological polar surface area (TPSA) is 59.1 Å². The Bertz CT molecular complexity index is 401. The minimum absolute atomic E-state index is 0.485. The quantitative estimate of drug-likeness (QED) is 0.764. The van der Waals surface area contributed by atoms with Crippen LogP contribution in [-0.4, -0.2) is 29.1 Å². The highest BCUT2D eigenvalue weighted by Crippen LogP contribution is 2.25. The molecule has 0 saturated carbocycles. The normalized spacial score (nSPS) is 23.4. The van der Waals surface area contributed by atoms with Crippen molar-refractivity contribution in [2.45, 2.75) is 32.6 Å². The van der Waals surface area contributed by atoms with Crippen LogP contribution in [0, 0.1) is 6.92 Å². The Hall–Kier alpha value is -1.20. The number of anilines is 1. The van der Waals surface area contributed by atoms with Crippen LogP contribution in [0.5, 0.6) is 0 Å². The third-order valence-electron chi connectivity index (χ3n) is 3.09. The summed E-state index contributed by atoms with van der Waals surface area (Å²) in [5.74, 6) is 1.78. The maximum absolute atomic E-state index is 5.42. The number of rotatable bonds is 2. The first-order valence-corrected chi connectivity index (χ1v) is 5.74. The zero-order valence-electron chi connectivity index (χ0n) is 9.42. The van der Waals surface area contributed by atoms with Crippen LogP contribution in [0.1, 0.15) is 23.5 Å². The third-order valence-corrected chi connectivity index (χ3v) is 3.09. The van der Waals surface area contributed by atoms with E-state index in [-0.39, 0.29) is 0 Å². The van der Waals surface area contributed by atoms with E-state index in [1.165, 1.54) is 0 Å².